The van der Waals surface area contributed by atoms with Crippen LogP contribution in [0.2, 0.25) is 0 Å². The zero-order chi connectivity index (χ0) is 20.6. The minimum atomic E-state index is -0.265. The lowest BCUT2D eigenvalue weighted by molar-refractivity contribution is 0.0955. The molecule has 1 aromatic heterocycles. The largest absolute Gasteiger partial charge is 0.489 e. The molecular weight excluding hydrogens is 374 g/mol. The summed E-state index contributed by atoms with van der Waals surface area (Å²) < 4.78 is 7.68. The number of ether oxygens (including phenoxy) is 1. The molecule has 1 heterocycles. The third-order valence-electron chi connectivity index (χ3n) is 4.54. The van der Waals surface area contributed by atoms with E-state index in [-0.39, 0.29) is 5.91 Å². The molecule has 0 saturated heterocycles. The van der Waals surface area contributed by atoms with E-state index < -0.39 is 0 Å². The fourth-order valence-corrected chi connectivity index (χ4v) is 3.00. The molecule has 0 saturated carbocycles. The second-order valence-electron chi connectivity index (χ2n) is 6.65. The lowest BCUT2D eigenvalue weighted by Gasteiger charge is -2.09. The maximum atomic E-state index is 12.6. The van der Waals surface area contributed by atoms with Crippen LogP contribution in [0.5, 0.6) is 5.75 Å². The smallest absolute Gasteiger partial charge is 0.273 e. The first-order valence-electron chi connectivity index (χ1n) is 9.62. The Morgan fingerprint density at radius 1 is 0.867 bits per heavy atom. The minimum absolute atomic E-state index is 0.265. The van der Waals surface area contributed by atoms with E-state index in [0.717, 1.165) is 22.6 Å². The minimum Gasteiger partial charge on any atom is -0.489 e. The van der Waals surface area contributed by atoms with Crippen LogP contribution in [0, 0.1) is 0 Å². The number of aromatic nitrogens is 1. The summed E-state index contributed by atoms with van der Waals surface area (Å²) in [4.78, 5) is 12.6. The Kier molecular flexibility index (Phi) is 6.01. The maximum Gasteiger partial charge on any atom is 0.273 e. The fraction of sp³-hybridized carbons (Fsp3) is 0.0400. The molecule has 0 aliphatic heterocycles. The normalized spacial score (nSPS) is 10.8. The zero-order valence-corrected chi connectivity index (χ0v) is 16.3. The van der Waals surface area contributed by atoms with Gasteiger partial charge in [0.05, 0.1) is 17.5 Å². The van der Waals surface area contributed by atoms with E-state index in [1.54, 1.807) is 12.3 Å². The number of carbonyl (C=O) groups excluding carboxylic acids is 1. The van der Waals surface area contributed by atoms with Gasteiger partial charge in [-0.2, -0.15) is 5.10 Å². The summed E-state index contributed by atoms with van der Waals surface area (Å²) >= 11 is 0. The molecule has 3 aromatic carbocycles. The first-order chi connectivity index (χ1) is 14.8. The predicted molar refractivity (Wildman–Crippen MR) is 118 cm³/mol. The summed E-state index contributed by atoms with van der Waals surface area (Å²) in [5.74, 6) is 0.513. The highest BCUT2D eigenvalue weighted by Crippen LogP contribution is 2.15. The van der Waals surface area contributed by atoms with Crippen molar-refractivity contribution in [1.82, 2.24) is 9.99 Å². The van der Waals surface area contributed by atoms with Crippen molar-refractivity contribution >= 4 is 12.1 Å². The third-order valence-corrected chi connectivity index (χ3v) is 4.54. The number of amides is 1. The van der Waals surface area contributed by atoms with Gasteiger partial charge in [0.2, 0.25) is 0 Å². The second-order valence-corrected chi connectivity index (χ2v) is 6.65. The molecule has 4 rings (SSSR count). The van der Waals surface area contributed by atoms with E-state index >= 15 is 0 Å². The van der Waals surface area contributed by atoms with Crippen LogP contribution in [-0.4, -0.2) is 16.7 Å². The Morgan fingerprint density at radius 2 is 1.57 bits per heavy atom. The van der Waals surface area contributed by atoms with Crippen molar-refractivity contribution in [2.75, 3.05) is 0 Å². The summed E-state index contributed by atoms with van der Waals surface area (Å²) in [6, 6.07) is 28.8. The summed E-state index contributed by atoms with van der Waals surface area (Å²) in [5, 5.41) is 4.09. The Bertz CT molecular complexity index is 1120. The zero-order valence-electron chi connectivity index (χ0n) is 16.3. The van der Waals surface area contributed by atoms with E-state index in [9.17, 15) is 4.79 Å². The lowest BCUT2D eigenvalue weighted by Crippen LogP contribution is -2.19. The molecule has 0 fully saturated rings. The van der Waals surface area contributed by atoms with E-state index in [4.69, 9.17) is 4.74 Å². The van der Waals surface area contributed by atoms with E-state index in [1.807, 2.05) is 102 Å². The number of nitrogens with zero attached hydrogens (tertiary/aromatic N) is 2. The Morgan fingerprint density at radius 3 is 2.33 bits per heavy atom. The Balaban J connectivity index is 1.35. The van der Waals surface area contributed by atoms with Crippen LogP contribution in [0.4, 0.5) is 0 Å². The highest BCUT2D eigenvalue weighted by Gasteiger charge is 2.10. The van der Waals surface area contributed by atoms with Gasteiger partial charge in [0.15, 0.2) is 0 Å². The van der Waals surface area contributed by atoms with Gasteiger partial charge in [-0.3, -0.25) is 4.79 Å². The molecular formula is C25H21N3O2. The number of hydrogen-bond acceptors (Lipinski definition) is 3. The molecule has 0 radical (unpaired) electrons. The second kappa shape index (κ2) is 9.39. The summed E-state index contributed by atoms with van der Waals surface area (Å²) in [6.07, 6.45) is 5.41. The van der Waals surface area contributed by atoms with Crippen LogP contribution in [0.3, 0.4) is 0 Å². The van der Waals surface area contributed by atoms with Crippen molar-refractivity contribution < 1.29 is 9.53 Å². The number of benzene rings is 3. The number of para-hydroxylation sites is 1. The van der Waals surface area contributed by atoms with Gasteiger partial charge in [-0.05, 0) is 59.7 Å². The van der Waals surface area contributed by atoms with E-state index in [1.165, 1.54) is 0 Å². The van der Waals surface area contributed by atoms with Crippen LogP contribution < -0.4 is 10.2 Å². The molecule has 5 nitrogen and oxygen atoms in total. The topological polar surface area (TPSA) is 55.6 Å². The molecule has 0 aliphatic rings. The predicted octanol–water partition coefficient (Wildman–Crippen LogP) is 4.82. The van der Waals surface area contributed by atoms with Crippen molar-refractivity contribution in [2.24, 2.45) is 5.10 Å². The first kappa shape index (κ1) is 19.2. The average molecular weight is 395 g/mol. The third kappa shape index (κ3) is 4.83. The number of nitrogens with one attached hydrogen (secondary N) is 1. The maximum absolute atomic E-state index is 12.6. The van der Waals surface area contributed by atoms with Gasteiger partial charge >= 0.3 is 0 Å². The average Bonchev–Trinajstić information content (AvgIpc) is 3.34. The van der Waals surface area contributed by atoms with Gasteiger partial charge < -0.3 is 9.30 Å². The van der Waals surface area contributed by atoms with Crippen LogP contribution in [0.15, 0.2) is 108 Å². The fourth-order valence-electron chi connectivity index (χ4n) is 3.00. The summed E-state index contributed by atoms with van der Waals surface area (Å²) in [5.41, 5.74) is 5.93. The Hall–Kier alpha value is -4.12. The number of rotatable bonds is 7. The lowest BCUT2D eigenvalue weighted by atomic mass is 10.1. The standard InChI is InChI=1S/C25H21N3O2/c29-25(23-10-4-5-11-24(23)28-16-6-7-17-28)27-26-18-20-12-14-22(15-13-20)30-19-21-8-2-1-3-9-21/h1-18H,19H2,(H,27,29). The molecule has 0 atom stereocenters. The van der Waals surface area contributed by atoms with Gasteiger partial charge in [0, 0.05) is 12.4 Å². The van der Waals surface area contributed by atoms with Gasteiger partial charge in [0.1, 0.15) is 12.4 Å². The van der Waals surface area contributed by atoms with Crippen molar-refractivity contribution in [3.63, 3.8) is 0 Å². The molecule has 5 heteroatoms. The van der Waals surface area contributed by atoms with Crippen molar-refractivity contribution in [2.45, 2.75) is 6.61 Å². The highest BCUT2D eigenvalue weighted by atomic mass is 16.5. The molecule has 1 N–H and O–H groups in total. The first-order valence-corrected chi connectivity index (χ1v) is 9.62. The molecule has 0 unspecified atom stereocenters. The van der Waals surface area contributed by atoms with Gasteiger partial charge in [-0.25, -0.2) is 5.43 Å². The molecule has 4 aromatic rings. The number of carbonyl (C=O) groups is 1. The highest BCUT2D eigenvalue weighted by molar-refractivity contribution is 5.98. The van der Waals surface area contributed by atoms with Gasteiger partial charge in [-0.1, -0.05) is 42.5 Å². The van der Waals surface area contributed by atoms with Gasteiger partial charge in [-0.15, -0.1) is 0 Å². The number of hydrogen-bond donors (Lipinski definition) is 1. The van der Waals surface area contributed by atoms with Gasteiger partial charge in [0.25, 0.3) is 5.91 Å². The SMILES string of the molecule is O=C(NN=Cc1ccc(OCc2ccccc2)cc1)c1ccccc1-n1cccc1. The molecule has 0 aliphatic carbocycles. The van der Waals surface area contributed by atoms with Crippen molar-refractivity contribution in [3.05, 3.63) is 120 Å². The molecule has 148 valence electrons. The molecule has 0 bridgehead atoms. The van der Waals surface area contributed by atoms with E-state index in [2.05, 4.69) is 10.5 Å². The van der Waals surface area contributed by atoms with Crippen LogP contribution >= 0.6 is 0 Å². The summed E-state index contributed by atoms with van der Waals surface area (Å²) in [7, 11) is 0. The van der Waals surface area contributed by atoms with E-state index in [0.29, 0.717) is 12.2 Å². The van der Waals surface area contributed by atoms with Crippen LogP contribution in [0.25, 0.3) is 5.69 Å². The monoisotopic (exact) mass is 395 g/mol. The van der Waals surface area contributed by atoms with Crippen molar-refractivity contribution in [3.8, 4) is 11.4 Å². The summed E-state index contributed by atoms with van der Waals surface area (Å²) in [6.45, 7) is 0.519. The van der Waals surface area contributed by atoms with Crippen LogP contribution in [-0.2, 0) is 6.61 Å². The molecule has 0 spiro atoms. The molecule has 30 heavy (non-hydrogen) atoms. The Labute approximate surface area is 175 Å². The quantitative estimate of drug-likeness (QED) is 0.360. The van der Waals surface area contributed by atoms with Crippen molar-refractivity contribution in [1.29, 1.82) is 0 Å². The molecule has 1 amide bonds. The number of hydrazone groups is 1. The van der Waals surface area contributed by atoms with Crippen LogP contribution in [0.1, 0.15) is 21.5 Å².